The van der Waals surface area contributed by atoms with Gasteiger partial charge in [0.15, 0.2) is 0 Å². The topological polar surface area (TPSA) is 41.5 Å². The van der Waals surface area contributed by atoms with Crippen LogP contribution >= 0.6 is 0 Å². The third kappa shape index (κ3) is 11.1. The molecule has 0 spiro atoms. The number of terminal acetylenes is 1. The highest BCUT2D eigenvalue weighted by molar-refractivity contribution is 5.43. The quantitative estimate of drug-likeness (QED) is 0.305. The Morgan fingerprint density at radius 1 is 0.889 bits per heavy atom. The van der Waals surface area contributed by atoms with Crippen molar-refractivity contribution in [2.75, 3.05) is 19.8 Å². The third-order valence-electron chi connectivity index (χ3n) is 4.91. The molecule has 0 saturated heterocycles. The number of aryl methyl sites for hydroxylation is 2. The lowest BCUT2D eigenvalue weighted by molar-refractivity contribution is 0.282. The standard InChI is InChI=1S/C24H39NO2/c1-4-17-27-24-21(2)18-23(19-22(24)3)20-25-15-13-11-9-7-5-6-8-10-12-14-16-26/h1,18-19,25-26H,5-17,20H2,2-3H3. The zero-order chi connectivity index (χ0) is 19.7. The molecule has 152 valence electrons. The Morgan fingerprint density at radius 3 is 1.93 bits per heavy atom. The molecule has 3 heteroatoms. The summed E-state index contributed by atoms with van der Waals surface area (Å²) in [6.45, 7) is 6.81. The normalized spacial score (nSPS) is 10.7. The van der Waals surface area contributed by atoms with E-state index in [-0.39, 0.29) is 0 Å². The van der Waals surface area contributed by atoms with Gasteiger partial charge in [-0.2, -0.15) is 0 Å². The number of rotatable bonds is 16. The van der Waals surface area contributed by atoms with Crippen molar-refractivity contribution in [2.45, 2.75) is 84.6 Å². The number of nitrogens with one attached hydrogen (secondary N) is 1. The van der Waals surface area contributed by atoms with Crippen LogP contribution in [0.25, 0.3) is 0 Å². The highest BCUT2D eigenvalue weighted by atomic mass is 16.5. The minimum Gasteiger partial charge on any atom is -0.480 e. The van der Waals surface area contributed by atoms with Crippen LogP contribution in [0.15, 0.2) is 12.1 Å². The maximum absolute atomic E-state index is 8.74. The second kappa shape index (κ2) is 15.5. The molecule has 0 aliphatic carbocycles. The number of benzene rings is 1. The fourth-order valence-electron chi connectivity index (χ4n) is 3.49. The second-order valence-corrected chi connectivity index (χ2v) is 7.49. The Bertz CT molecular complexity index is 525. The van der Waals surface area contributed by atoms with Crippen molar-refractivity contribution < 1.29 is 9.84 Å². The molecular weight excluding hydrogens is 334 g/mol. The van der Waals surface area contributed by atoms with Gasteiger partial charge < -0.3 is 15.2 Å². The molecule has 1 aromatic rings. The van der Waals surface area contributed by atoms with Crippen LogP contribution in [-0.2, 0) is 6.54 Å². The van der Waals surface area contributed by atoms with Crippen molar-refractivity contribution in [3.8, 4) is 18.1 Å². The van der Waals surface area contributed by atoms with Crippen LogP contribution in [0.1, 0.15) is 80.9 Å². The first-order valence-corrected chi connectivity index (χ1v) is 10.7. The van der Waals surface area contributed by atoms with Gasteiger partial charge in [-0.05, 0) is 49.9 Å². The highest BCUT2D eigenvalue weighted by Crippen LogP contribution is 2.24. The average Bonchev–Trinajstić information content (AvgIpc) is 2.65. The summed E-state index contributed by atoms with van der Waals surface area (Å²) in [4.78, 5) is 0. The fraction of sp³-hybridized carbons (Fsp3) is 0.667. The number of hydrogen-bond acceptors (Lipinski definition) is 3. The van der Waals surface area contributed by atoms with Crippen LogP contribution in [0.3, 0.4) is 0 Å². The molecule has 0 heterocycles. The van der Waals surface area contributed by atoms with E-state index in [4.69, 9.17) is 16.3 Å². The lowest BCUT2D eigenvalue weighted by atomic mass is 10.1. The molecule has 0 bridgehead atoms. The number of hydrogen-bond donors (Lipinski definition) is 2. The Labute approximate surface area is 166 Å². The molecule has 0 radical (unpaired) electrons. The molecule has 2 N–H and O–H groups in total. The van der Waals surface area contributed by atoms with Crippen LogP contribution in [-0.4, -0.2) is 24.9 Å². The van der Waals surface area contributed by atoms with Gasteiger partial charge >= 0.3 is 0 Å². The van der Waals surface area contributed by atoms with E-state index >= 15 is 0 Å². The summed E-state index contributed by atoms with van der Waals surface area (Å²) >= 11 is 0. The summed E-state index contributed by atoms with van der Waals surface area (Å²) in [5, 5.41) is 12.3. The molecule has 0 aromatic heterocycles. The van der Waals surface area contributed by atoms with E-state index in [1.165, 1.54) is 63.4 Å². The Morgan fingerprint density at radius 2 is 1.41 bits per heavy atom. The highest BCUT2D eigenvalue weighted by Gasteiger charge is 2.06. The van der Waals surface area contributed by atoms with E-state index in [1.807, 2.05) is 0 Å². The summed E-state index contributed by atoms with van der Waals surface area (Å²) in [6, 6.07) is 4.37. The van der Waals surface area contributed by atoms with Crippen LogP contribution in [0.4, 0.5) is 0 Å². The molecule has 0 saturated carbocycles. The monoisotopic (exact) mass is 373 g/mol. The van der Waals surface area contributed by atoms with Crippen molar-refractivity contribution in [3.05, 3.63) is 28.8 Å². The SMILES string of the molecule is C#CCOc1c(C)cc(CNCCCCCCCCCCCCO)cc1C. The van der Waals surface area contributed by atoms with Gasteiger partial charge in [0.05, 0.1) is 0 Å². The van der Waals surface area contributed by atoms with E-state index in [2.05, 4.69) is 37.2 Å². The van der Waals surface area contributed by atoms with Gasteiger partial charge in [-0.3, -0.25) is 0 Å². The zero-order valence-corrected chi connectivity index (χ0v) is 17.5. The van der Waals surface area contributed by atoms with Crippen molar-refractivity contribution in [3.63, 3.8) is 0 Å². The maximum atomic E-state index is 8.74. The molecule has 0 aliphatic rings. The largest absolute Gasteiger partial charge is 0.480 e. The molecule has 1 aromatic carbocycles. The Kier molecular flexibility index (Phi) is 13.6. The van der Waals surface area contributed by atoms with Crippen LogP contribution < -0.4 is 10.1 Å². The Hall–Kier alpha value is -1.50. The average molecular weight is 374 g/mol. The summed E-state index contributed by atoms with van der Waals surface area (Å²) in [5.74, 6) is 3.44. The molecule has 0 atom stereocenters. The summed E-state index contributed by atoms with van der Waals surface area (Å²) < 4.78 is 5.63. The minimum absolute atomic E-state index is 0.322. The smallest absolute Gasteiger partial charge is 0.148 e. The summed E-state index contributed by atoms with van der Waals surface area (Å²) in [7, 11) is 0. The fourth-order valence-corrected chi connectivity index (χ4v) is 3.49. The summed E-state index contributed by atoms with van der Waals surface area (Å²) in [6.07, 6.45) is 18.0. The van der Waals surface area contributed by atoms with Gasteiger partial charge in [-0.25, -0.2) is 0 Å². The molecule has 1 rings (SSSR count). The first-order chi connectivity index (χ1) is 13.2. The summed E-state index contributed by atoms with van der Waals surface area (Å²) in [5.41, 5.74) is 3.61. The van der Waals surface area contributed by atoms with Gasteiger partial charge in [0.25, 0.3) is 0 Å². The molecule has 0 aliphatic heterocycles. The molecule has 27 heavy (non-hydrogen) atoms. The lowest BCUT2D eigenvalue weighted by Crippen LogP contribution is -2.15. The lowest BCUT2D eigenvalue weighted by Gasteiger charge is -2.13. The van der Waals surface area contributed by atoms with Crippen molar-refractivity contribution >= 4 is 0 Å². The van der Waals surface area contributed by atoms with E-state index in [0.717, 1.165) is 36.4 Å². The second-order valence-electron chi connectivity index (χ2n) is 7.49. The number of ether oxygens (including phenoxy) is 1. The first kappa shape index (κ1) is 23.5. The Balaban J connectivity index is 2.04. The minimum atomic E-state index is 0.322. The molecular formula is C24H39NO2. The van der Waals surface area contributed by atoms with Gasteiger partial charge in [-0.15, -0.1) is 6.42 Å². The maximum Gasteiger partial charge on any atom is 0.148 e. The van der Waals surface area contributed by atoms with Gasteiger partial charge in [0.1, 0.15) is 12.4 Å². The van der Waals surface area contributed by atoms with Crippen molar-refractivity contribution in [1.29, 1.82) is 0 Å². The van der Waals surface area contributed by atoms with Gasteiger partial charge in [-0.1, -0.05) is 69.4 Å². The first-order valence-electron chi connectivity index (χ1n) is 10.7. The third-order valence-corrected chi connectivity index (χ3v) is 4.91. The van der Waals surface area contributed by atoms with E-state index in [1.54, 1.807) is 0 Å². The zero-order valence-electron chi connectivity index (χ0n) is 17.5. The number of aliphatic hydroxyl groups is 1. The number of aliphatic hydroxyl groups excluding tert-OH is 1. The van der Waals surface area contributed by atoms with E-state index < -0.39 is 0 Å². The molecule has 3 nitrogen and oxygen atoms in total. The van der Waals surface area contributed by atoms with Crippen LogP contribution in [0, 0.1) is 26.2 Å². The van der Waals surface area contributed by atoms with Crippen molar-refractivity contribution in [1.82, 2.24) is 5.32 Å². The van der Waals surface area contributed by atoms with Gasteiger partial charge in [0, 0.05) is 13.2 Å². The van der Waals surface area contributed by atoms with Crippen LogP contribution in [0.2, 0.25) is 0 Å². The predicted molar refractivity (Wildman–Crippen MR) is 115 cm³/mol. The molecule has 0 amide bonds. The molecule has 0 unspecified atom stereocenters. The molecule has 0 fully saturated rings. The van der Waals surface area contributed by atoms with Gasteiger partial charge in [0.2, 0.25) is 0 Å². The van der Waals surface area contributed by atoms with Crippen molar-refractivity contribution in [2.24, 2.45) is 0 Å². The van der Waals surface area contributed by atoms with Crippen LogP contribution in [0.5, 0.6) is 5.75 Å². The van der Waals surface area contributed by atoms with E-state index in [9.17, 15) is 0 Å². The predicted octanol–water partition coefficient (Wildman–Crippen LogP) is 5.30. The van der Waals surface area contributed by atoms with E-state index in [0.29, 0.717) is 13.2 Å². The number of unbranched alkanes of at least 4 members (excludes halogenated alkanes) is 9.